The zero-order valence-electron chi connectivity index (χ0n) is 19.4. The van der Waals surface area contributed by atoms with Crippen molar-refractivity contribution in [1.82, 2.24) is 0 Å². The van der Waals surface area contributed by atoms with E-state index in [2.05, 4.69) is 103 Å². The molecule has 2 aliphatic heterocycles. The summed E-state index contributed by atoms with van der Waals surface area (Å²) in [7, 11) is 4.28. The van der Waals surface area contributed by atoms with E-state index in [1.807, 2.05) is 19.1 Å². The van der Waals surface area contributed by atoms with Crippen LogP contribution in [0.25, 0.3) is 6.08 Å². The number of nitrogens with one attached hydrogen (secondary N) is 1. The molecule has 0 spiro atoms. The molecule has 0 saturated heterocycles. The Kier molecular flexibility index (Phi) is 4.81. The number of ether oxygens (including phenoxy) is 1. The molecule has 2 aliphatic rings. The molecule has 3 aromatic carbocycles. The third kappa shape index (κ3) is 3.01. The number of hydrogen-bond donors (Lipinski definition) is 1. The lowest BCUT2D eigenvalue weighted by molar-refractivity contribution is -0.401. The van der Waals surface area contributed by atoms with Crippen LogP contribution >= 0.6 is 0 Å². The lowest BCUT2D eigenvalue weighted by Gasteiger charge is -2.33. The maximum absolute atomic E-state index is 5.94. The Morgan fingerprint density at radius 1 is 0.938 bits per heavy atom. The smallest absolute Gasteiger partial charge is 0.209 e. The first-order chi connectivity index (χ1) is 15.4. The van der Waals surface area contributed by atoms with Crippen LogP contribution in [0.4, 0.5) is 28.4 Å². The summed E-state index contributed by atoms with van der Waals surface area (Å²) in [5.41, 5.74) is 9.45. The second-order valence-electron chi connectivity index (χ2n) is 8.93. The molecule has 1 N–H and O–H groups in total. The number of fused-ring (bicyclic) bond motifs is 3. The van der Waals surface area contributed by atoms with Gasteiger partial charge in [0.15, 0.2) is 5.71 Å². The minimum Gasteiger partial charge on any atom is -0.492 e. The topological polar surface area (TPSA) is 27.5 Å². The molecule has 3 aromatic rings. The Morgan fingerprint density at radius 2 is 1.66 bits per heavy atom. The van der Waals surface area contributed by atoms with Crippen molar-refractivity contribution in [3.63, 3.8) is 0 Å². The minimum absolute atomic E-state index is 0.0461. The Morgan fingerprint density at radius 3 is 2.41 bits per heavy atom. The molecule has 0 aliphatic carbocycles. The van der Waals surface area contributed by atoms with Gasteiger partial charge in [0, 0.05) is 30.3 Å². The van der Waals surface area contributed by atoms with Crippen molar-refractivity contribution in [3.8, 4) is 5.75 Å². The van der Waals surface area contributed by atoms with Gasteiger partial charge in [0.05, 0.1) is 29.1 Å². The van der Waals surface area contributed by atoms with E-state index in [1.165, 1.54) is 22.5 Å². The molecule has 0 amide bonds. The quantitative estimate of drug-likeness (QED) is 0.476. The largest absolute Gasteiger partial charge is 0.492 e. The summed E-state index contributed by atoms with van der Waals surface area (Å²) in [5.74, 6) is 0.894. The second kappa shape index (κ2) is 7.56. The normalized spacial score (nSPS) is 16.0. The fourth-order valence-electron chi connectivity index (χ4n) is 5.14. The van der Waals surface area contributed by atoms with E-state index < -0.39 is 0 Å². The van der Waals surface area contributed by atoms with Crippen LogP contribution in [0.2, 0.25) is 0 Å². The molecule has 4 heteroatoms. The number of rotatable bonds is 4. The maximum atomic E-state index is 5.94. The predicted octanol–water partition coefficient (Wildman–Crippen LogP) is 6.63. The number of benzene rings is 3. The van der Waals surface area contributed by atoms with Crippen LogP contribution in [0.5, 0.6) is 5.75 Å². The van der Waals surface area contributed by atoms with E-state index in [4.69, 9.17) is 4.74 Å². The van der Waals surface area contributed by atoms with Crippen LogP contribution in [0.15, 0.2) is 66.7 Å². The first-order valence-corrected chi connectivity index (χ1v) is 11.2. The Hall–Kier alpha value is -3.53. The molecule has 162 valence electrons. The zero-order chi connectivity index (χ0) is 22.5. The van der Waals surface area contributed by atoms with Crippen LogP contribution in [0, 0.1) is 0 Å². The SMILES string of the molecule is CCOc1cccc2c1N(C)c1c(/C=C/C3=[N+](C)c4ccccc4C3(C)C)cccc1N2. The van der Waals surface area contributed by atoms with E-state index in [9.17, 15) is 0 Å². The summed E-state index contributed by atoms with van der Waals surface area (Å²) < 4.78 is 8.25. The lowest BCUT2D eigenvalue weighted by atomic mass is 9.81. The number of para-hydroxylation sites is 3. The minimum atomic E-state index is -0.0461. The third-order valence-electron chi connectivity index (χ3n) is 6.67. The van der Waals surface area contributed by atoms with E-state index in [1.54, 1.807) is 0 Å². The highest BCUT2D eigenvalue weighted by Gasteiger charge is 2.42. The van der Waals surface area contributed by atoms with Crippen molar-refractivity contribution in [3.05, 3.63) is 77.9 Å². The Balaban J connectivity index is 1.57. The molecule has 0 aromatic heterocycles. The summed E-state index contributed by atoms with van der Waals surface area (Å²) in [6.07, 6.45) is 4.51. The summed E-state index contributed by atoms with van der Waals surface area (Å²) in [6, 6.07) is 21.3. The second-order valence-corrected chi connectivity index (χ2v) is 8.93. The summed E-state index contributed by atoms with van der Waals surface area (Å²) in [4.78, 5) is 2.24. The number of hydrogen-bond acceptors (Lipinski definition) is 3. The van der Waals surface area contributed by atoms with Crippen molar-refractivity contribution >= 4 is 40.2 Å². The molecule has 0 atom stereocenters. The Bertz CT molecular complexity index is 1270. The highest BCUT2D eigenvalue weighted by atomic mass is 16.5. The molecular formula is C28H30N3O+. The summed E-state index contributed by atoms with van der Waals surface area (Å²) >= 11 is 0. The van der Waals surface area contributed by atoms with Crippen LogP contribution in [-0.4, -0.2) is 31.0 Å². The molecule has 0 unspecified atom stereocenters. The molecule has 5 rings (SSSR count). The van der Waals surface area contributed by atoms with Gasteiger partial charge in [-0.3, -0.25) is 0 Å². The van der Waals surface area contributed by atoms with E-state index in [-0.39, 0.29) is 5.41 Å². The van der Waals surface area contributed by atoms with Gasteiger partial charge in [0.1, 0.15) is 18.5 Å². The summed E-state index contributed by atoms with van der Waals surface area (Å²) in [6.45, 7) is 7.26. The summed E-state index contributed by atoms with van der Waals surface area (Å²) in [5, 5.41) is 3.60. The standard InChI is InChI=1S/C28H30N3O/c1-6-32-24-16-10-14-22-27(24)31(5)26-19(11-9-13-21(26)29-22)17-18-25-28(2,3)20-12-7-8-15-23(20)30(25)4/h7-18,29H,6H2,1-5H3/q+1. The molecule has 0 saturated carbocycles. The highest BCUT2D eigenvalue weighted by Crippen LogP contribution is 2.49. The predicted molar refractivity (Wildman–Crippen MR) is 135 cm³/mol. The number of anilines is 4. The molecule has 4 nitrogen and oxygen atoms in total. The monoisotopic (exact) mass is 424 g/mol. The van der Waals surface area contributed by atoms with Gasteiger partial charge in [-0.1, -0.05) is 36.4 Å². The maximum Gasteiger partial charge on any atom is 0.209 e. The van der Waals surface area contributed by atoms with Gasteiger partial charge in [-0.25, -0.2) is 0 Å². The van der Waals surface area contributed by atoms with Gasteiger partial charge in [-0.15, -0.1) is 0 Å². The van der Waals surface area contributed by atoms with Gasteiger partial charge >= 0.3 is 0 Å². The van der Waals surface area contributed by atoms with E-state index >= 15 is 0 Å². The van der Waals surface area contributed by atoms with Crippen molar-refractivity contribution in [2.24, 2.45) is 0 Å². The highest BCUT2D eigenvalue weighted by molar-refractivity contribution is 6.06. The molecule has 0 fully saturated rings. The van der Waals surface area contributed by atoms with Crippen LogP contribution in [0.1, 0.15) is 31.9 Å². The average Bonchev–Trinajstić information content (AvgIpc) is 2.98. The van der Waals surface area contributed by atoms with Gasteiger partial charge in [0.25, 0.3) is 0 Å². The van der Waals surface area contributed by atoms with Crippen LogP contribution < -0.4 is 15.0 Å². The number of allylic oxidation sites excluding steroid dienone is 1. The first-order valence-electron chi connectivity index (χ1n) is 11.2. The molecule has 0 bridgehead atoms. The molecule has 2 heterocycles. The molecule has 0 radical (unpaired) electrons. The third-order valence-corrected chi connectivity index (χ3v) is 6.67. The van der Waals surface area contributed by atoms with Crippen molar-refractivity contribution in [1.29, 1.82) is 0 Å². The first kappa shape index (κ1) is 20.4. The number of nitrogens with zero attached hydrogens (tertiary/aromatic N) is 2. The molecular weight excluding hydrogens is 394 g/mol. The molecule has 32 heavy (non-hydrogen) atoms. The fraction of sp³-hybridized carbons (Fsp3) is 0.250. The van der Waals surface area contributed by atoms with Crippen LogP contribution in [-0.2, 0) is 5.41 Å². The average molecular weight is 425 g/mol. The van der Waals surface area contributed by atoms with Crippen LogP contribution in [0.3, 0.4) is 0 Å². The van der Waals surface area contributed by atoms with Gasteiger partial charge in [-0.2, -0.15) is 4.58 Å². The van der Waals surface area contributed by atoms with E-state index in [0.717, 1.165) is 28.5 Å². The Labute approximate surface area is 190 Å². The van der Waals surface area contributed by atoms with Gasteiger partial charge < -0.3 is 15.0 Å². The fourth-order valence-corrected chi connectivity index (χ4v) is 5.14. The van der Waals surface area contributed by atoms with E-state index in [0.29, 0.717) is 6.61 Å². The van der Waals surface area contributed by atoms with Crippen molar-refractivity contribution < 1.29 is 9.31 Å². The zero-order valence-corrected chi connectivity index (χ0v) is 19.4. The van der Waals surface area contributed by atoms with Gasteiger partial charge in [0.2, 0.25) is 5.69 Å². The van der Waals surface area contributed by atoms with Crippen molar-refractivity contribution in [2.75, 3.05) is 30.9 Å². The van der Waals surface area contributed by atoms with Gasteiger partial charge in [-0.05, 0) is 45.0 Å². The van der Waals surface area contributed by atoms with Crippen molar-refractivity contribution in [2.45, 2.75) is 26.2 Å². The lowest BCUT2D eigenvalue weighted by Crippen LogP contribution is -2.26.